The van der Waals surface area contributed by atoms with E-state index in [9.17, 15) is 18.0 Å². The van der Waals surface area contributed by atoms with E-state index < -0.39 is 30.0 Å². The van der Waals surface area contributed by atoms with E-state index in [2.05, 4.69) is 52.7 Å². The molecule has 0 atom stereocenters. The van der Waals surface area contributed by atoms with Crippen molar-refractivity contribution < 1.29 is 27.2 Å². The second-order valence-electron chi connectivity index (χ2n) is 16.9. The molecule has 2 heterocycles. The Labute approximate surface area is 318 Å². The van der Waals surface area contributed by atoms with E-state index in [0.29, 0.717) is 61.0 Å². The summed E-state index contributed by atoms with van der Waals surface area (Å²) < 4.78 is 42.2. The van der Waals surface area contributed by atoms with Gasteiger partial charge in [0.15, 0.2) is 8.32 Å². The second kappa shape index (κ2) is 16.5. The molecule has 292 valence electrons. The van der Waals surface area contributed by atoms with Gasteiger partial charge in [-0.25, -0.2) is 18.2 Å². The summed E-state index contributed by atoms with van der Waals surface area (Å²) in [6.45, 7) is 23.1. The predicted molar refractivity (Wildman–Crippen MR) is 216 cm³/mol. The van der Waals surface area contributed by atoms with Crippen LogP contribution in [0.5, 0.6) is 0 Å². The van der Waals surface area contributed by atoms with E-state index >= 15 is 0 Å². The van der Waals surface area contributed by atoms with Crippen LogP contribution in [0.15, 0.2) is 51.9 Å². The zero-order chi connectivity index (χ0) is 39.5. The minimum absolute atomic E-state index is 0.0367. The molecule has 11 nitrogen and oxygen atoms in total. The molecule has 2 N–H and O–H groups in total. The summed E-state index contributed by atoms with van der Waals surface area (Å²) in [5.41, 5.74) is 9.52. The van der Waals surface area contributed by atoms with Crippen molar-refractivity contribution in [2.45, 2.75) is 110 Å². The third-order valence-corrected chi connectivity index (χ3v) is 16.5. The van der Waals surface area contributed by atoms with Crippen LogP contribution in [0.3, 0.4) is 0 Å². The first kappa shape index (κ1) is 42.2. The van der Waals surface area contributed by atoms with Gasteiger partial charge in [-0.3, -0.25) is 4.79 Å². The van der Waals surface area contributed by atoms with Gasteiger partial charge in [0.05, 0.1) is 10.6 Å². The van der Waals surface area contributed by atoms with Crippen LogP contribution in [0, 0.1) is 5.92 Å². The molecule has 0 aromatic heterocycles. The van der Waals surface area contributed by atoms with Crippen molar-refractivity contribution in [3.63, 3.8) is 0 Å². The van der Waals surface area contributed by atoms with Crippen LogP contribution in [0.1, 0.15) is 85.8 Å². The number of rotatable bonds is 13. The van der Waals surface area contributed by atoms with Gasteiger partial charge in [-0.05, 0) is 86.6 Å². The molecular weight excluding hydrogens is 707 g/mol. The molecular formula is C40H61N5O6SSi. The van der Waals surface area contributed by atoms with Crippen molar-refractivity contribution in [2.24, 2.45) is 16.6 Å². The normalized spacial score (nSPS) is 15.8. The number of nitrogens with zero attached hydrogens (tertiary/aromatic N) is 4. The molecule has 0 bridgehead atoms. The Kier molecular flexibility index (Phi) is 13.1. The first-order chi connectivity index (χ1) is 24.6. The number of carbonyl (C=O) groups is 2. The molecule has 2 aromatic carbocycles. The number of amidine groups is 1. The van der Waals surface area contributed by atoms with Crippen molar-refractivity contribution in [1.82, 2.24) is 14.1 Å². The summed E-state index contributed by atoms with van der Waals surface area (Å²) in [4.78, 5) is 34.5. The molecule has 1 fully saturated rings. The van der Waals surface area contributed by atoms with Gasteiger partial charge in [-0.15, -0.1) is 0 Å². The van der Waals surface area contributed by atoms with Crippen LogP contribution in [0.4, 0.5) is 10.5 Å². The SMILES string of the molecule is CCCN(CCC)C(=O)C1=Cc2ccc(-c3ccc(CN(C)C(=O)OC(C)(C)C)c(S(=O)(=O)N4CC(CO[Si](C)(C)C(C)(C)C)C4)c3)cc2N=C(N)C1. The summed E-state index contributed by atoms with van der Waals surface area (Å²) >= 11 is 0. The summed E-state index contributed by atoms with van der Waals surface area (Å²) in [5.74, 6) is 0.399. The van der Waals surface area contributed by atoms with Crippen LogP contribution in [-0.2, 0) is 30.5 Å². The van der Waals surface area contributed by atoms with E-state index in [1.54, 1.807) is 40.0 Å². The number of amides is 2. The molecule has 2 aliphatic rings. The minimum Gasteiger partial charge on any atom is -0.444 e. The average Bonchev–Trinajstić information content (AvgIpc) is 3.19. The third-order valence-electron chi connectivity index (χ3n) is 10.1. The lowest BCUT2D eigenvalue weighted by Gasteiger charge is -2.42. The Morgan fingerprint density at radius 3 is 2.17 bits per heavy atom. The number of hydrogen-bond acceptors (Lipinski definition) is 8. The monoisotopic (exact) mass is 767 g/mol. The van der Waals surface area contributed by atoms with Crippen LogP contribution >= 0.6 is 0 Å². The zero-order valence-corrected chi connectivity index (χ0v) is 35.5. The molecule has 53 heavy (non-hydrogen) atoms. The molecule has 2 amide bonds. The lowest BCUT2D eigenvalue weighted by Crippen LogP contribution is -2.53. The molecule has 0 saturated carbocycles. The molecule has 0 spiro atoms. The first-order valence-corrected chi connectivity index (χ1v) is 23.1. The molecule has 4 rings (SSSR count). The van der Waals surface area contributed by atoms with Crippen LogP contribution in [0.25, 0.3) is 17.2 Å². The number of benzene rings is 2. The van der Waals surface area contributed by atoms with Gasteiger partial charge in [0.2, 0.25) is 15.9 Å². The van der Waals surface area contributed by atoms with Gasteiger partial charge in [-0.1, -0.05) is 58.9 Å². The van der Waals surface area contributed by atoms with E-state index in [1.807, 2.05) is 35.2 Å². The van der Waals surface area contributed by atoms with Crippen LogP contribution in [0.2, 0.25) is 18.1 Å². The van der Waals surface area contributed by atoms with Gasteiger partial charge in [0, 0.05) is 69.9 Å². The van der Waals surface area contributed by atoms with Crippen molar-refractivity contribution in [3.05, 3.63) is 53.1 Å². The van der Waals surface area contributed by atoms with E-state index in [0.717, 1.165) is 24.0 Å². The highest BCUT2D eigenvalue weighted by atomic mass is 32.2. The Hall–Kier alpha value is -3.52. The Morgan fingerprint density at radius 2 is 1.58 bits per heavy atom. The predicted octanol–water partition coefficient (Wildman–Crippen LogP) is 7.79. The smallest absolute Gasteiger partial charge is 0.410 e. The van der Waals surface area contributed by atoms with Gasteiger partial charge in [-0.2, -0.15) is 4.31 Å². The van der Waals surface area contributed by atoms with E-state index in [4.69, 9.17) is 14.9 Å². The maximum atomic E-state index is 14.4. The number of sulfonamides is 1. The zero-order valence-electron chi connectivity index (χ0n) is 33.7. The van der Waals surface area contributed by atoms with Gasteiger partial charge in [0.25, 0.3) is 0 Å². The van der Waals surface area contributed by atoms with Gasteiger partial charge in [0.1, 0.15) is 11.4 Å². The van der Waals surface area contributed by atoms with Crippen LogP contribution < -0.4 is 5.73 Å². The second-order valence-corrected chi connectivity index (χ2v) is 23.6. The number of aliphatic imine (C=N–C) groups is 1. The number of carbonyl (C=O) groups excluding carboxylic acids is 2. The Balaban J connectivity index is 1.68. The lowest BCUT2D eigenvalue weighted by atomic mass is 9.99. The summed E-state index contributed by atoms with van der Waals surface area (Å²) in [6.07, 6.45) is 3.29. The quantitative estimate of drug-likeness (QED) is 0.206. The topological polar surface area (TPSA) is 135 Å². The molecule has 0 unspecified atom stereocenters. The highest BCUT2D eigenvalue weighted by Crippen LogP contribution is 2.39. The number of ether oxygens (including phenoxy) is 1. The molecule has 1 saturated heterocycles. The highest BCUT2D eigenvalue weighted by Gasteiger charge is 2.42. The fraction of sp³-hybridized carbons (Fsp3) is 0.575. The maximum Gasteiger partial charge on any atom is 0.410 e. The maximum absolute atomic E-state index is 14.4. The summed E-state index contributed by atoms with van der Waals surface area (Å²) in [5, 5.41) is 0.0609. The number of nitrogens with two attached hydrogens (primary N) is 1. The molecule has 0 aliphatic carbocycles. The fourth-order valence-corrected chi connectivity index (χ4v) is 8.95. The number of fused-ring (bicyclic) bond motifs is 1. The van der Waals surface area contributed by atoms with E-state index in [-0.39, 0.29) is 34.7 Å². The molecule has 0 radical (unpaired) electrons. The van der Waals surface area contributed by atoms with Crippen molar-refractivity contribution in [2.75, 3.05) is 39.8 Å². The summed E-state index contributed by atoms with van der Waals surface area (Å²) in [6, 6.07) is 11.0. The van der Waals surface area contributed by atoms with E-state index in [1.165, 1.54) is 9.21 Å². The molecule has 2 aromatic rings. The largest absolute Gasteiger partial charge is 0.444 e. The standard InChI is InChI=1S/C40H61N5O6SSi/c1-12-18-44(19-13-2)37(46)33-20-31-16-14-29(21-34(31)42-36(41)23-33)30-15-17-32(26-43(9)38(47)51-39(3,4)5)35(22-30)52(48,49)45-24-28(25-45)27-50-53(10,11)40(6,7)8/h14-17,20-22,28H,12-13,18-19,23-27H2,1-11H3,(H2,41,42). The minimum atomic E-state index is -3.94. The van der Waals surface area contributed by atoms with Crippen molar-refractivity contribution in [3.8, 4) is 11.1 Å². The average molecular weight is 768 g/mol. The van der Waals surface area contributed by atoms with Gasteiger partial charge < -0.3 is 24.7 Å². The Morgan fingerprint density at radius 1 is 0.981 bits per heavy atom. The van der Waals surface area contributed by atoms with Crippen molar-refractivity contribution in [1.29, 1.82) is 0 Å². The van der Waals surface area contributed by atoms with Crippen molar-refractivity contribution >= 4 is 47.9 Å². The fourth-order valence-electron chi connectivity index (χ4n) is 6.04. The third kappa shape index (κ3) is 10.4. The van der Waals surface area contributed by atoms with Gasteiger partial charge >= 0.3 is 6.09 Å². The summed E-state index contributed by atoms with van der Waals surface area (Å²) in [7, 11) is -4.32. The highest BCUT2D eigenvalue weighted by molar-refractivity contribution is 7.89. The first-order valence-electron chi connectivity index (χ1n) is 18.7. The van der Waals surface area contributed by atoms with Crippen LogP contribution in [-0.4, -0.2) is 94.1 Å². The Bertz CT molecular complexity index is 1830. The molecule has 13 heteroatoms. The lowest BCUT2D eigenvalue weighted by molar-refractivity contribution is -0.127. The molecule has 2 aliphatic heterocycles. The number of hydrogen-bond donors (Lipinski definition) is 1.